The summed E-state index contributed by atoms with van der Waals surface area (Å²) in [4.78, 5) is 16.0. The van der Waals surface area contributed by atoms with E-state index in [2.05, 4.69) is 10.3 Å². The zero-order valence-corrected chi connectivity index (χ0v) is 10.7. The van der Waals surface area contributed by atoms with Crippen molar-refractivity contribution in [3.05, 3.63) is 16.1 Å². The lowest BCUT2D eigenvalue weighted by Gasteiger charge is -2.18. The lowest BCUT2D eigenvalue weighted by molar-refractivity contribution is -0.127. The van der Waals surface area contributed by atoms with Crippen molar-refractivity contribution in [3.63, 3.8) is 0 Å². The number of amides is 1. The van der Waals surface area contributed by atoms with Gasteiger partial charge in [0.05, 0.1) is 12.1 Å². The second kappa shape index (κ2) is 4.62. The average Bonchev–Trinajstić information content (AvgIpc) is 2.64. The molecule has 86 valence electrons. The van der Waals surface area contributed by atoms with Gasteiger partial charge in [0.15, 0.2) is 0 Å². The Bertz CT molecular complexity index is 431. The molecule has 0 spiro atoms. The summed E-state index contributed by atoms with van der Waals surface area (Å²) in [6, 6.07) is 1.82. The number of aryl methyl sites for hydroxylation is 1. The van der Waals surface area contributed by atoms with E-state index in [1.54, 1.807) is 13.8 Å². The number of carbonyl (C=O) groups excluding carboxylic acids is 1. The van der Waals surface area contributed by atoms with E-state index < -0.39 is 5.41 Å². The highest BCUT2D eigenvalue weighted by molar-refractivity contribution is 7.09. The summed E-state index contributed by atoms with van der Waals surface area (Å²) in [5, 5.41) is 14.4. The lowest BCUT2D eigenvalue weighted by atomic mass is 9.94. The molecular formula is C11H15N3OS. The Kier molecular flexibility index (Phi) is 3.66. The third-order valence-electron chi connectivity index (χ3n) is 2.20. The lowest BCUT2D eigenvalue weighted by Crippen LogP contribution is -2.37. The minimum Gasteiger partial charge on any atom is -0.346 e. The first-order valence-corrected chi connectivity index (χ1v) is 5.89. The van der Waals surface area contributed by atoms with Gasteiger partial charge in [0, 0.05) is 11.1 Å². The van der Waals surface area contributed by atoms with Crippen LogP contribution in [0.5, 0.6) is 0 Å². The fourth-order valence-electron chi connectivity index (χ4n) is 1.06. The van der Waals surface area contributed by atoms with Crippen molar-refractivity contribution in [1.82, 2.24) is 10.3 Å². The first-order valence-electron chi connectivity index (χ1n) is 5.01. The van der Waals surface area contributed by atoms with Crippen LogP contribution in [0.25, 0.3) is 0 Å². The van der Waals surface area contributed by atoms with E-state index in [1.807, 2.05) is 25.3 Å². The number of rotatable bonds is 3. The number of carbonyl (C=O) groups is 1. The number of nitrogens with one attached hydrogen (secondary N) is 1. The van der Waals surface area contributed by atoms with Gasteiger partial charge in [-0.05, 0) is 27.7 Å². The fraction of sp³-hybridized carbons (Fsp3) is 0.545. The first-order chi connectivity index (χ1) is 7.36. The predicted molar refractivity (Wildman–Crippen MR) is 62.8 cm³/mol. The standard InChI is InChI=1S/C11H15N3OS/c1-7-5-16-9(13-7)8(2)14-10(15)11(3,4)6-12/h5,8H,1-4H3,(H,14,15). The van der Waals surface area contributed by atoms with E-state index in [9.17, 15) is 4.79 Å². The van der Waals surface area contributed by atoms with Crippen LogP contribution in [0.15, 0.2) is 5.38 Å². The van der Waals surface area contributed by atoms with Crippen molar-refractivity contribution in [3.8, 4) is 6.07 Å². The van der Waals surface area contributed by atoms with Gasteiger partial charge in [-0.3, -0.25) is 4.79 Å². The number of hydrogen-bond donors (Lipinski definition) is 1. The van der Waals surface area contributed by atoms with Crippen LogP contribution in [0.3, 0.4) is 0 Å². The Labute approximate surface area is 99.3 Å². The summed E-state index contributed by atoms with van der Waals surface area (Å²) in [5.41, 5.74) is -0.0544. The van der Waals surface area contributed by atoms with Crippen molar-refractivity contribution in [1.29, 1.82) is 5.26 Å². The van der Waals surface area contributed by atoms with Gasteiger partial charge >= 0.3 is 0 Å². The number of thiazole rings is 1. The van der Waals surface area contributed by atoms with Gasteiger partial charge in [-0.15, -0.1) is 11.3 Å². The maximum atomic E-state index is 11.7. The third-order valence-corrected chi connectivity index (χ3v) is 3.35. The van der Waals surface area contributed by atoms with Crippen LogP contribution in [0.1, 0.15) is 37.5 Å². The van der Waals surface area contributed by atoms with E-state index in [4.69, 9.17) is 5.26 Å². The summed E-state index contributed by atoms with van der Waals surface area (Å²) in [6.45, 7) is 6.97. The highest BCUT2D eigenvalue weighted by Gasteiger charge is 2.28. The molecule has 1 heterocycles. The van der Waals surface area contributed by atoms with Crippen LogP contribution in [0.4, 0.5) is 0 Å². The summed E-state index contributed by atoms with van der Waals surface area (Å²) < 4.78 is 0. The summed E-state index contributed by atoms with van der Waals surface area (Å²) in [7, 11) is 0. The van der Waals surface area contributed by atoms with Crippen molar-refractivity contribution >= 4 is 17.2 Å². The largest absolute Gasteiger partial charge is 0.346 e. The van der Waals surface area contributed by atoms with Crippen LogP contribution in [0.2, 0.25) is 0 Å². The average molecular weight is 237 g/mol. The zero-order chi connectivity index (χ0) is 12.3. The molecule has 1 unspecified atom stereocenters. The Morgan fingerprint density at radius 2 is 2.31 bits per heavy atom. The fourth-order valence-corrected chi connectivity index (χ4v) is 1.86. The van der Waals surface area contributed by atoms with Crippen LogP contribution in [0, 0.1) is 23.7 Å². The molecule has 0 saturated heterocycles. The van der Waals surface area contributed by atoms with Crippen molar-refractivity contribution in [2.45, 2.75) is 33.7 Å². The SMILES string of the molecule is Cc1csc(C(C)NC(=O)C(C)(C)C#N)n1. The molecule has 0 aliphatic heterocycles. The van der Waals surface area contributed by atoms with E-state index in [0.29, 0.717) is 0 Å². The molecule has 4 nitrogen and oxygen atoms in total. The Morgan fingerprint density at radius 3 is 2.75 bits per heavy atom. The zero-order valence-electron chi connectivity index (χ0n) is 9.87. The molecule has 1 aromatic heterocycles. The van der Waals surface area contributed by atoms with E-state index in [1.165, 1.54) is 11.3 Å². The molecule has 1 amide bonds. The van der Waals surface area contributed by atoms with Crippen LogP contribution >= 0.6 is 11.3 Å². The summed E-state index contributed by atoms with van der Waals surface area (Å²) >= 11 is 1.51. The second-order valence-electron chi connectivity index (χ2n) is 4.26. The molecule has 1 aromatic rings. The van der Waals surface area contributed by atoms with Gasteiger partial charge < -0.3 is 5.32 Å². The molecule has 1 atom stereocenters. The molecule has 0 aliphatic rings. The minimum atomic E-state index is -0.999. The quantitative estimate of drug-likeness (QED) is 0.876. The number of nitriles is 1. The highest BCUT2D eigenvalue weighted by Crippen LogP contribution is 2.20. The molecule has 16 heavy (non-hydrogen) atoms. The van der Waals surface area contributed by atoms with Gasteiger partial charge in [-0.25, -0.2) is 4.98 Å². The smallest absolute Gasteiger partial charge is 0.240 e. The van der Waals surface area contributed by atoms with Gasteiger partial charge in [0.1, 0.15) is 10.4 Å². The maximum Gasteiger partial charge on any atom is 0.240 e. The Balaban J connectivity index is 2.70. The van der Waals surface area contributed by atoms with E-state index in [0.717, 1.165) is 10.7 Å². The van der Waals surface area contributed by atoms with E-state index >= 15 is 0 Å². The van der Waals surface area contributed by atoms with Crippen molar-refractivity contribution < 1.29 is 4.79 Å². The Morgan fingerprint density at radius 1 is 1.69 bits per heavy atom. The van der Waals surface area contributed by atoms with E-state index in [-0.39, 0.29) is 11.9 Å². The molecule has 1 N–H and O–H groups in total. The molecule has 1 rings (SSSR count). The molecule has 0 aromatic carbocycles. The topological polar surface area (TPSA) is 65.8 Å². The monoisotopic (exact) mass is 237 g/mol. The maximum absolute atomic E-state index is 11.7. The van der Waals surface area contributed by atoms with Crippen LogP contribution < -0.4 is 5.32 Å². The highest BCUT2D eigenvalue weighted by atomic mass is 32.1. The molecule has 0 bridgehead atoms. The number of aromatic nitrogens is 1. The first kappa shape index (κ1) is 12.7. The van der Waals surface area contributed by atoms with Crippen LogP contribution in [-0.4, -0.2) is 10.9 Å². The molecule has 0 saturated carbocycles. The molecule has 0 radical (unpaired) electrons. The third kappa shape index (κ3) is 2.80. The molecular weight excluding hydrogens is 222 g/mol. The van der Waals surface area contributed by atoms with Gasteiger partial charge in [-0.1, -0.05) is 0 Å². The van der Waals surface area contributed by atoms with Gasteiger partial charge in [0.2, 0.25) is 5.91 Å². The molecule has 0 fully saturated rings. The second-order valence-corrected chi connectivity index (χ2v) is 5.15. The molecule has 0 aliphatic carbocycles. The van der Waals surface area contributed by atoms with Crippen molar-refractivity contribution in [2.24, 2.45) is 5.41 Å². The normalized spacial score (nSPS) is 12.9. The summed E-state index contributed by atoms with van der Waals surface area (Å²) in [5.74, 6) is -0.268. The predicted octanol–water partition coefficient (Wildman–Crippen LogP) is 2.18. The minimum absolute atomic E-state index is 0.154. The number of hydrogen-bond acceptors (Lipinski definition) is 4. The van der Waals surface area contributed by atoms with Crippen LogP contribution in [-0.2, 0) is 4.79 Å². The molecule has 5 heteroatoms. The van der Waals surface area contributed by atoms with Gasteiger partial charge in [-0.2, -0.15) is 5.26 Å². The Hall–Kier alpha value is -1.41. The van der Waals surface area contributed by atoms with Gasteiger partial charge in [0.25, 0.3) is 0 Å². The van der Waals surface area contributed by atoms with Crippen molar-refractivity contribution in [2.75, 3.05) is 0 Å². The number of nitrogens with zero attached hydrogens (tertiary/aromatic N) is 2. The summed E-state index contributed by atoms with van der Waals surface area (Å²) in [6.07, 6.45) is 0.